The lowest BCUT2D eigenvalue weighted by Crippen LogP contribution is -2.36. The Morgan fingerprint density at radius 1 is 1.21 bits per heavy atom. The van der Waals surface area contributed by atoms with Crippen LogP contribution in [0.25, 0.3) is 22.2 Å². The predicted molar refractivity (Wildman–Crippen MR) is 111 cm³/mol. The number of fused-ring (bicyclic) bond motifs is 2. The zero-order valence-corrected chi connectivity index (χ0v) is 16.1. The SMILES string of the molecule is Clc1cccc(-c2cnc3n2CC(CNCc2c[nH]c4ccccc24)OC3)c1. The summed E-state index contributed by atoms with van der Waals surface area (Å²) < 4.78 is 8.25. The quantitative estimate of drug-likeness (QED) is 0.530. The molecular weight excluding hydrogens is 372 g/mol. The van der Waals surface area contributed by atoms with Gasteiger partial charge in [-0.05, 0) is 23.8 Å². The second kappa shape index (κ2) is 7.43. The van der Waals surface area contributed by atoms with E-state index in [0.717, 1.165) is 41.7 Å². The lowest BCUT2D eigenvalue weighted by Gasteiger charge is -2.26. The number of H-pyrrole nitrogens is 1. The Hall–Kier alpha value is -2.60. The maximum Gasteiger partial charge on any atom is 0.135 e. The van der Waals surface area contributed by atoms with Crippen LogP contribution in [0.4, 0.5) is 0 Å². The van der Waals surface area contributed by atoms with E-state index in [1.54, 1.807) is 0 Å². The number of halogens is 1. The molecule has 1 unspecified atom stereocenters. The molecule has 5 rings (SSSR count). The van der Waals surface area contributed by atoms with Gasteiger partial charge < -0.3 is 19.6 Å². The van der Waals surface area contributed by atoms with Crippen LogP contribution in [0.15, 0.2) is 60.9 Å². The van der Waals surface area contributed by atoms with Crippen molar-refractivity contribution in [2.45, 2.75) is 25.8 Å². The molecule has 0 saturated heterocycles. The lowest BCUT2D eigenvalue weighted by molar-refractivity contribution is 0.00327. The molecule has 0 bridgehead atoms. The highest BCUT2D eigenvalue weighted by atomic mass is 35.5. The van der Waals surface area contributed by atoms with E-state index in [1.807, 2.05) is 30.5 Å². The topological polar surface area (TPSA) is 54.9 Å². The number of para-hydroxylation sites is 1. The Bertz CT molecular complexity index is 1120. The van der Waals surface area contributed by atoms with E-state index in [2.05, 4.69) is 50.3 Å². The van der Waals surface area contributed by atoms with E-state index < -0.39 is 0 Å². The first kappa shape index (κ1) is 17.5. The van der Waals surface area contributed by atoms with Crippen molar-refractivity contribution in [2.24, 2.45) is 0 Å². The van der Waals surface area contributed by atoms with Crippen molar-refractivity contribution in [1.29, 1.82) is 0 Å². The molecule has 0 fully saturated rings. The average molecular weight is 393 g/mol. The van der Waals surface area contributed by atoms with Gasteiger partial charge in [0, 0.05) is 40.8 Å². The van der Waals surface area contributed by atoms with E-state index >= 15 is 0 Å². The molecule has 4 aromatic rings. The Morgan fingerprint density at radius 3 is 3.07 bits per heavy atom. The third kappa shape index (κ3) is 3.33. The van der Waals surface area contributed by atoms with Crippen LogP contribution in [0.5, 0.6) is 0 Å². The monoisotopic (exact) mass is 392 g/mol. The molecule has 0 aliphatic carbocycles. The fourth-order valence-corrected chi connectivity index (χ4v) is 4.02. The maximum atomic E-state index is 6.17. The highest BCUT2D eigenvalue weighted by molar-refractivity contribution is 6.30. The molecule has 5 nitrogen and oxygen atoms in total. The van der Waals surface area contributed by atoms with E-state index in [0.29, 0.717) is 6.61 Å². The lowest BCUT2D eigenvalue weighted by atomic mass is 10.1. The Morgan fingerprint density at radius 2 is 2.14 bits per heavy atom. The highest BCUT2D eigenvalue weighted by Gasteiger charge is 2.22. The first-order valence-corrected chi connectivity index (χ1v) is 9.83. The number of imidazole rings is 1. The van der Waals surface area contributed by atoms with Gasteiger partial charge in [0.2, 0.25) is 0 Å². The van der Waals surface area contributed by atoms with Crippen LogP contribution in [0, 0.1) is 0 Å². The van der Waals surface area contributed by atoms with Crippen molar-refractivity contribution in [1.82, 2.24) is 19.9 Å². The van der Waals surface area contributed by atoms with Crippen LogP contribution in [-0.4, -0.2) is 27.2 Å². The van der Waals surface area contributed by atoms with Gasteiger partial charge in [0.15, 0.2) is 0 Å². The van der Waals surface area contributed by atoms with Gasteiger partial charge in [0.1, 0.15) is 12.4 Å². The van der Waals surface area contributed by atoms with Crippen LogP contribution >= 0.6 is 11.6 Å². The van der Waals surface area contributed by atoms with Gasteiger partial charge in [0.25, 0.3) is 0 Å². The van der Waals surface area contributed by atoms with Crippen LogP contribution < -0.4 is 5.32 Å². The van der Waals surface area contributed by atoms with E-state index in [1.165, 1.54) is 16.5 Å². The molecule has 2 N–H and O–H groups in total. The number of nitrogens with one attached hydrogen (secondary N) is 2. The first-order chi connectivity index (χ1) is 13.8. The van der Waals surface area contributed by atoms with Crippen molar-refractivity contribution in [3.05, 3.63) is 77.3 Å². The van der Waals surface area contributed by atoms with Crippen LogP contribution in [0.2, 0.25) is 5.02 Å². The summed E-state index contributed by atoms with van der Waals surface area (Å²) in [5, 5.41) is 5.54. The van der Waals surface area contributed by atoms with Gasteiger partial charge in [-0.25, -0.2) is 4.98 Å². The molecule has 1 aliphatic rings. The van der Waals surface area contributed by atoms with Crippen molar-refractivity contribution in [2.75, 3.05) is 6.54 Å². The fraction of sp³-hybridized carbons (Fsp3) is 0.227. The summed E-state index contributed by atoms with van der Waals surface area (Å²) in [5.74, 6) is 0.961. The highest BCUT2D eigenvalue weighted by Crippen LogP contribution is 2.27. The molecule has 6 heteroatoms. The zero-order chi connectivity index (χ0) is 18.9. The largest absolute Gasteiger partial charge is 0.367 e. The van der Waals surface area contributed by atoms with Gasteiger partial charge in [-0.15, -0.1) is 0 Å². The summed E-state index contributed by atoms with van der Waals surface area (Å²) in [6, 6.07) is 16.3. The van der Waals surface area contributed by atoms with Crippen molar-refractivity contribution < 1.29 is 4.74 Å². The van der Waals surface area contributed by atoms with Gasteiger partial charge in [-0.3, -0.25) is 0 Å². The second-order valence-electron chi connectivity index (χ2n) is 7.10. The molecule has 0 saturated carbocycles. The third-order valence-corrected chi connectivity index (χ3v) is 5.49. The summed E-state index contributed by atoms with van der Waals surface area (Å²) >= 11 is 6.17. The van der Waals surface area contributed by atoms with Gasteiger partial charge >= 0.3 is 0 Å². The van der Waals surface area contributed by atoms with E-state index in [4.69, 9.17) is 16.3 Å². The van der Waals surface area contributed by atoms with Crippen molar-refractivity contribution in [3.63, 3.8) is 0 Å². The number of rotatable bonds is 5. The molecule has 1 aliphatic heterocycles. The van der Waals surface area contributed by atoms with E-state index in [-0.39, 0.29) is 6.10 Å². The van der Waals surface area contributed by atoms with Crippen molar-refractivity contribution in [3.8, 4) is 11.3 Å². The molecule has 28 heavy (non-hydrogen) atoms. The van der Waals surface area contributed by atoms with Gasteiger partial charge in [0.05, 0.1) is 24.5 Å². The molecule has 1 atom stereocenters. The number of aromatic amines is 1. The molecule has 3 heterocycles. The summed E-state index contributed by atoms with van der Waals surface area (Å²) in [4.78, 5) is 7.84. The number of aromatic nitrogens is 3. The molecule has 0 spiro atoms. The van der Waals surface area contributed by atoms with Crippen LogP contribution in [0.1, 0.15) is 11.4 Å². The van der Waals surface area contributed by atoms with E-state index in [9.17, 15) is 0 Å². The maximum absolute atomic E-state index is 6.17. The first-order valence-electron chi connectivity index (χ1n) is 9.45. The number of ether oxygens (including phenoxy) is 1. The molecular formula is C22H21ClN4O. The Kier molecular flexibility index (Phi) is 4.64. The van der Waals surface area contributed by atoms with Crippen LogP contribution in [-0.2, 0) is 24.4 Å². The number of hydrogen-bond donors (Lipinski definition) is 2. The second-order valence-corrected chi connectivity index (χ2v) is 7.54. The minimum absolute atomic E-state index is 0.102. The smallest absolute Gasteiger partial charge is 0.135 e. The predicted octanol–water partition coefficient (Wildman–Crippen LogP) is 4.37. The Balaban J connectivity index is 1.26. The summed E-state index contributed by atoms with van der Waals surface area (Å²) in [7, 11) is 0. The minimum atomic E-state index is 0.102. The molecule has 0 amide bonds. The van der Waals surface area contributed by atoms with Crippen LogP contribution in [0.3, 0.4) is 0 Å². The van der Waals surface area contributed by atoms with Gasteiger partial charge in [-0.2, -0.15) is 0 Å². The number of hydrogen-bond acceptors (Lipinski definition) is 3. The minimum Gasteiger partial charge on any atom is -0.367 e. The molecule has 2 aromatic heterocycles. The third-order valence-electron chi connectivity index (χ3n) is 5.26. The standard InChI is InChI=1S/C22H21ClN4O/c23-17-5-3-4-15(8-17)21-12-26-22-14-28-18(13-27(21)22)11-24-9-16-10-25-20-7-2-1-6-19(16)20/h1-8,10,12,18,24-25H,9,11,13-14H2. The molecule has 142 valence electrons. The fourth-order valence-electron chi connectivity index (χ4n) is 3.83. The summed E-state index contributed by atoms with van der Waals surface area (Å²) in [5.41, 5.74) is 4.61. The number of benzene rings is 2. The van der Waals surface area contributed by atoms with Crippen molar-refractivity contribution >= 4 is 22.5 Å². The zero-order valence-electron chi connectivity index (χ0n) is 15.4. The summed E-state index contributed by atoms with van der Waals surface area (Å²) in [6.45, 7) is 2.89. The summed E-state index contributed by atoms with van der Waals surface area (Å²) in [6.07, 6.45) is 4.08. The normalized spacial score (nSPS) is 16.4. The molecule has 2 aromatic carbocycles. The number of nitrogens with zero attached hydrogens (tertiary/aromatic N) is 2. The average Bonchev–Trinajstić information content (AvgIpc) is 3.32. The van der Waals surface area contributed by atoms with Gasteiger partial charge in [-0.1, -0.05) is 41.9 Å². The Labute approximate surface area is 168 Å². The molecule has 0 radical (unpaired) electrons.